The Kier molecular flexibility index (Phi) is 2.81. The number of hydrogen-bond acceptors (Lipinski definition) is 2. The number of aromatic nitrogens is 1. The lowest BCUT2D eigenvalue weighted by atomic mass is 9.91. The van der Waals surface area contributed by atoms with Gasteiger partial charge in [-0.05, 0) is 49.1 Å². The SMILES string of the molecule is C[C@H]1CC[C@H](c2ccc3ncccc3c2)NC1. The van der Waals surface area contributed by atoms with E-state index in [-0.39, 0.29) is 0 Å². The standard InChI is InChI=1S/C15H18N2/c1-11-4-6-15(17-10-11)13-5-7-14-12(9-13)3-2-8-16-14/h2-3,5,7-9,11,15,17H,4,6,10H2,1H3/t11-,15+/m0/s1. The van der Waals surface area contributed by atoms with Crippen LogP contribution < -0.4 is 5.32 Å². The zero-order valence-electron chi connectivity index (χ0n) is 10.2. The molecule has 1 aromatic heterocycles. The minimum absolute atomic E-state index is 0.524. The van der Waals surface area contributed by atoms with E-state index in [2.05, 4.69) is 41.5 Å². The van der Waals surface area contributed by atoms with E-state index in [9.17, 15) is 0 Å². The van der Waals surface area contributed by atoms with E-state index in [0.717, 1.165) is 18.0 Å². The van der Waals surface area contributed by atoms with E-state index in [4.69, 9.17) is 0 Å². The summed E-state index contributed by atoms with van der Waals surface area (Å²) in [6, 6.07) is 11.3. The molecule has 2 atom stereocenters. The fourth-order valence-corrected chi connectivity index (χ4v) is 2.59. The molecule has 1 saturated heterocycles. The minimum atomic E-state index is 0.524. The van der Waals surface area contributed by atoms with Crippen LogP contribution in [0.3, 0.4) is 0 Å². The molecule has 1 aromatic carbocycles. The van der Waals surface area contributed by atoms with Crippen molar-refractivity contribution in [3.63, 3.8) is 0 Å². The molecule has 1 aliphatic rings. The molecule has 17 heavy (non-hydrogen) atoms. The van der Waals surface area contributed by atoms with Gasteiger partial charge in [0.15, 0.2) is 0 Å². The highest BCUT2D eigenvalue weighted by atomic mass is 14.9. The summed E-state index contributed by atoms with van der Waals surface area (Å²) in [6.45, 7) is 3.45. The summed E-state index contributed by atoms with van der Waals surface area (Å²) >= 11 is 0. The molecular formula is C15H18N2. The van der Waals surface area contributed by atoms with Gasteiger partial charge in [0.05, 0.1) is 5.52 Å². The Bertz CT molecular complexity index is 513. The molecule has 0 spiro atoms. The number of nitrogens with zero attached hydrogens (tertiary/aromatic N) is 1. The first-order valence-corrected chi connectivity index (χ1v) is 6.41. The van der Waals surface area contributed by atoms with Crippen LogP contribution in [-0.4, -0.2) is 11.5 Å². The van der Waals surface area contributed by atoms with Gasteiger partial charge < -0.3 is 5.32 Å². The fraction of sp³-hybridized carbons (Fsp3) is 0.400. The molecule has 0 radical (unpaired) electrons. The highest BCUT2D eigenvalue weighted by molar-refractivity contribution is 5.79. The Balaban J connectivity index is 1.90. The third kappa shape index (κ3) is 2.18. The van der Waals surface area contributed by atoms with E-state index < -0.39 is 0 Å². The average Bonchev–Trinajstić information content (AvgIpc) is 2.39. The second kappa shape index (κ2) is 4.46. The van der Waals surface area contributed by atoms with Crippen molar-refractivity contribution in [3.8, 4) is 0 Å². The Morgan fingerprint density at radius 2 is 2.18 bits per heavy atom. The van der Waals surface area contributed by atoms with Crippen LogP contribution in [0.25, 0.3) is 10.9 Å². The lowest BCUT2D eigenvalue weighted by molar-refractivity contribution is 0.333. The van der Waals surface area contributed by atoms with Crippen LogP contribution in [0.15, 0.2) is 36.5 Å². The summed E-state index contributed by atoms with van der Waals surface area (Å²) in [7, 11) is 0. The van der Waals surface area contributed by atoms with Gasteiger partial charge in [-0.1, -0.05) is 19.1 Å². The van der Waals surface area contributed by atoms with Crippen LogP contribution in [0.2, 0.25) is 0 Å². The Hall–Kier alpha value is -1.41. The number of pyridine rings is 1. The summed E-state index contributed by atoms with van der Waals surface area (Å²) in [5.41, 5.74) is 2.48. The van der Waals surface area contributed by atoms with Crippen LogP contribution in [0.4, 0.5) is 0 Å². The summed E-state index contributed by atoms with van der Waals surface area (Å²) in [5, 5.41) is 4.87. The first kappa shape index (κ1) is 10.7. The van der Waals surface area contributed by atoms with Gasteiger partial charge in [-0.3, -0.25) is 4.98 Å². The summed E-state index contributed by atoms with van der Waals surface area (Å²) in [6.07, 6.45) is 4.41. The highest BCUT2D eigenvalue weighted by Gasteiger charge is 2.18. The number of hydrogen-bond donors (Lipinski definition) is 1. The molecule has 0 unspecified atom stereocenters. The molecule has 88 valence electrons. The molecule has 0 amide bonds. The lowest BCUT2D eigenvalue weighted by Crippen LogP contribution is -2.31. The van der Waals surface area contributed by atoms with Crippen LogP contribution in [0.1, 0.15) is 31.4 Å². The van der Waals surface area contributed by atoms with Crippen molar-refractivity contribution >= 4 is 10.9 Å². The molecule has 3 rings (SSSR count). The second-order valence-electron chi connectivity index (χ2n) is 5.10. The summed E-state index contributed by atoms with van der Waals surface area (Å²) in [4.78, 5) is 4.36. The monoisotopic (exact) mass is 226 g/mol. The van der Waals surface area contributed by atoms with Crippen LogP contribution in [0.5, 0.6) is 0 Å². The molecule has 2 nitrogen and oxygen atoms in total. The highest BCUT2D eigenvalue weighted by Crippen LogP contribution is 2.27. The van der Waals surface area contributed by atoms with E-state index in [1.807, 2.05) is 12.3 Å². The maximum atomic E-state index is 4.36. The van der Waals surface area contributed by atoms with Crippen molar-refractivity contribution in [2.45, 2.75) is 25.8 Å². The molecule has 0 bridgehead atoms. The van der Waals surface area contributed by atoms with Crippen LogP contribution >= 0.6 is 0 Å². The summed E-state index contributed by atoms with van der Waals surface area (Å²) in [5.74, 6) is 0.813. The maximum absolute atomic E-state index is 4.36. The number of benzene rings is 1. The van der Waals surface area contributed by atoms with Gasteiger partial charge in [0.25, 0.3) is 0 Å². The second-order valence-corrected chi connectivity index (χ2v) is 5.10. The Morgan fingerprint density at radius 1 is 1.24 bits per heavy atom. The largest absolute Gasteiger partial charge is 0.310 e. The number of nitrogens with one attached hydrogen (secondary N) is 1. The van der Waals surface area contributed by atoms with Gasteiger partial charge in [-0.15, -0.1) is 0 Å². The topological polar surface area (TPSA) is 24.9 Å². The van der Waals surface area contributed by atoms with Crippen LogP contribution in [-0.2, 0) is 0 Å². The van der Waals surface area contributed by atoms with E-state index >= 15 is 0 Å². The van der Waals surface area contributed by atoms with Gasteiger partial charge in [0.1, 0.15) is 0 Å². The zero-order valence-corrected chi connectivity index (χ0v) is 10.2. The summed E-state index contributed by atoms with van der Waals surface area (Å²) < 4.78 is 0. The molecular weight excluding hydrogens is 208 g/mol. The first-order chi connectivity index (χ1) is 8.33. The lowest BCUT2D eigenvalue weighted by Gasteiger charge is -2.28. The smallest absolute Gasteiger partial charge is 0.0702 e. The predicted molar refractivity (Wildman–Crippen MR) is 70.9 cm³/mol. The van der Waals surface area contributed by atoms with Crippen molar-refractivity contribution in [1.82, 2.24) is 10.3 Å². The molecule has 1 N–H and O–H groups in total. The Labute approximate surface area is 102 Å². The van der Waals surface area contributed by atoms with Crippen molar-refractivity contribution in [2.75, 3.05) is 6.54 Å². The predicted octanol–water partition coefficient (Wildman–Crippen LogP) is 3.30. The third-order valence-corrected chi connectivity index (χ3v) is 3.69. The van der Waals surface area contributed by atoms with E-state index in [1.54, 1.807) is 0 Å². The normalized spacial score (nSPS) is 25.0. The third-order valence-electron chi connectivity index (χ3n) is 3.69. The van der Waals surface area contributed by atoms with Gasteiger partial charge in [-0.2, -0.15) is 0 Å². The van der Waals surface area contributed by atoms with Gasteiger partial charge in [0.2, 0.25) is 0 Å². The quantitative estimate of drug-likeness (QED) is 0.807. The van der Waals surface area contributed by atoms with Crippen molar-refractivity contribution < 1.29 is 0 Å². The molecule has 0 aliphatic carbocycles. The van der Waals surface area contributed by atoms with Crippen molar-refractivity contribution in [2.24, 2.45) is 5.92 Å². The number of piperidine rings is 1. The van der Waals surface area contributed by atoms with Gasteiger partial charge >= 0.3 is 0 Å². The molecule has 1 fully saturated rings. The van der Waals surface area contributed by atoms with Crippen molar-refractivity contribution in [3.05, 3.63) is 42.1 Å². The zero-order chi connectivity index (χ0) is 11.7. The average molecular weight is 226 g/mol. The van der Waals surface area contributed by atoms with E-state index in [1.165, 1.54) is 23.8 Å². The molecule has 2 aromatic rings. The van der Waals surface area contributed by atoms with Gasteiger partial charge in [-0.25, -0.2) is 0 Å². The van der Waals surface area contributed by atoms with Crippen molar-refractivity contribution in [1.29, 1.82) is 0 Å². The number of fused-ring (bicyclic) bond motifs is 1. The molecule has 2 heteroatoms. The molecule has 1 aliphatic heterocycles. The fourth-order valence-electron chi connectivity index (χ4n) is 2.59. The Morgan fingerprint density at radius 3 is 3.00 bits per heavy atom. The number of rotatable bonds is 1. The maximum Gasteiger partial charge on any atom is 0.0702 e. The molecule has 0 saturated carbocycles. The molecule has 2 heterocycles. The first-order valence-electron chi connectivity index (χ1n) is 6.41. The van der Waals surface area contributed by atoms with E-state index in [0.29, 0.717) is 6.04 Å². The van der Waals surface area contributed by atoms with Crippen LogP contribution in [0, 0.1) is 5.92 Å². The van der Waals surface area contributed by atoms with Gasteiger partial charge in [0, 0.05) is 17.6 Å². The minimum Gasteiger partial charge on any atom is -0.310 e.